The molecule has 0 amide bonds. The van der Waals surface area contributed by atoms with Gasteiger partial charge in [0.25, 0.3) is 0 Å². The summed E-state index contributed by atoms with van der Waals surface area (Å²) in [7, 11) is 0. The summed E-state index contributed by atoms with van der Waals surface area (Å²) in [5.41, 5.74) is 2.57. The largest absolute Gasteiger partial charge is 0.313 e. The standard InChI is InChI=1S/C19H26N2/c1-2-12-20-19(15-7-3-4-8-15)14-16-11-13-21-18-10-6-5-9-17(16)18/h5-6,9-11,13,15,19-20H,2-4,7-8,12,14H2,1H3. The van der Waals surface area contributed by atoms with E-state index in [0.29, 0.717) is 6.04 Å². The van der Waals surface area contributed by atoms with Crippen LogP contribution in [0.2, 0.25) is 0 Å². The van der Waals surface area contributed by atoms with Gasteiger partial charge in [-0.3, -0.25) is 4.98 Å². The maximum absolute atomic E-state index is 4.49. The van der Waals surface area contributed by atoms with Gasteiger partial charge in [-0.25, -0.2) is 0 Å². The van der Waals surface area contributed by atoms with Crippen molar-refractivity contribution < 1.29 is 0 Å². The Kier molecular flexibility index (Phi) is 4.87. The molecule has 1 atom stereocenters. The molecule has 0 bridgehead atoms. The summed E-state index contributed by atoms with van der Waals surface area (Å²) < 4.78 is 0. The van der Waals surface area contributed by atoms with E-state index < -0.39 is 0 Å². The molecule has 1 N–H and O–H groups in total. The van der Waals surface area contributed by atoms with E-state index in [0.717, 1.165) is 24.4 Å². The Morgan fingerprint density at radius 3 is 2.81 bits per heavy atom. The van der Waals surface area contributed by atoms with Crippen molar-refractivity contribution in [1.82, 2.24) is 10.3 Å². The molecule has 1 aliphatic rings. The van der Waals surface area contributed by atoms with E-state index in [4.69, 9.17) is 0 Å². The Balaban J connectivity index is 1.82. The molecular formula is C19H26N2. The molecule has 0 aliphatic heterocycles. The molecule has 2 aromatic rings. The summed E-state index contributed by atoms with van der Waals surface area (Å²) in [5.74, 6) is 0.850. The third-order valence-electron chi connectivity index (χ3n) is 4.80. The van der Waals surface area contributed by atoms with Crippen LogP contribution in [0.1, 0.15) is 44.6 Å². The van der Waals surface area contributed by atoms with Crippen LogP contribution in [-0.4, -0.2) is 17.6 Å². The molecule has 1 heterocycles. The Hall–Kier alpha value is -1.41. The number of fused-ring (bicyclic) bond motifs is 1. The molecule has 0 spiro atoms. The molecule has 1 aromatic heterocycles. The molecule has 3 rings (SSSR count). The average molecular weight is 282 g/mol. The zero-order valence-corrected chi connectivity index (χ0v) is 13.0. The fourth-order valence-electron chi connectivity index (χ4n) is 3.66. The molecule has 21 heavy (non-hydrogen) atoms. The van der Waals surface area contributed by atoms with E-state index in [2.05, 4.69) is 47.6 Å². The maximum Gasteiger partial charge on any atom is 0.0704 e. The smallest absolute Gasteiger partial charge is 0.0704 e. The van der Waals surface area contributed by atoms with Crippen molar-refractivity contribution in [2.24, 2.45) is 5.92 Å². The number of rotatable bonds is 6. The van der Waals surface area contributed by atoms with Crippen LogP contribution >= 0.6 is 0 Å². The van der Waals surface area contributed by atoms with E-state index in [9.17, 15) is 0 Å². The van der Waals surface area contributed by atoms with Gasteiger partial charge in [0.2, 0.25) is 0 Å². The molecule has 1 unspecified atom stereocenters. The van der Waals surface area contributed by atoms with Crippen LogP contribution in [-0.2, 0) is 6.42 Å². The van der Waals surface area contributed by atoms with Crippen LogP contribution < -0.4 is 5.32 Å². The van der Waals surface area contributed by atoms with Crippen molar-refractivity contribution in [2.45, 2.75) is 51.5 Å². The molecular weight excluding hydrogens is 256 g/mol. The minimum Gasteiger partial charge on any atom is -0.313 e. The molecule has 0 saturated heterocycles. The third-order valence-corrected chi connectivity index (χ3v) is 4.80. The van der Waals surface area contributed by atoms with Crippen molar-refractivity contribution in [1.29, 1.82) is 0 Å². The van der Waals surface area contributed by atoms with Crippen LogP contribution in [0.5, 0.6) is 0 Å². The minimum atomic E-state index is 0.623. The van der Waals surface area contributed by atoms with E-state index in [1.807, 2.05) is 6.20 Å². The first kappa shape index (κ1) is 14.5. The van der Waals surface area contributed by atoms with Gasteiger partial charge in [0.05, 0.1) is 5.52 Å². The number of nitrogens with zero attached hydrogens (tertiary/aromatic N) is 1. The number of benzene rings is 1. The SMILES string of the molecule is CCCNC(Cc1ccnc2ccccc12)C1CCCC1. The topological polar surface area (TPSA) is 24.9 Å². The van der Waals surface area contributed by atoms with Crippen molar-refractivity contribution in [3.05, 3.63) is 42.1 Å². The van der Waals surface area contributed by atoms with Gasteiger partial charge >= 0.3 is 0 Å². The second-order valence-corrected chi connectivity index (χ2v) is 6.30. The van der Waals surface area contributed by atoms with Crippen LogP contribution in [0.3, 0.4) is 0 Å². The number of hydrogen-bond acceptors (Lipinski definition) is 2. The Morgan fingerprint density at radius 2 is 2.00 bits per heavy atom. The lowest BCUT2D eigenvalue weighted by Gasteiger charge is -2.25. The molecule has 2 heteroatoms. The van der Waals surface area contributed by atoms with E-state index in [1.54, 1.807) is 0 Å². The maximum atomic E-state index is 4.49. The van der Waals surface area contributed by atoms with Gasteiger partial charge in [-0.05, 0) is 55.8 Å². The highest BCUT2D eigenvalue weighted by Gasteiger charge is 2.25. The number of hydrogen-bond donors (Lipinski definition) is 1. The first-order valence-electron chi connectivity index (χ1n) is 8.44. The highest BCUT2D eigenvalue weighted by atomic mass is 14.9. The lowest BCUT2D eigenvalue weighted by atomic mass is 9.91. The van der Waals surface area contributed by atoms with Crippen LogP contribution in [0.25, 0.3) is 10.9 Å². The molecule has 1 fully saturated rings. The monoisotopic (exact) mass is 282 g/mol. The first-order chi connectivity index (χ1) is 10.4. The Morgan fingerprint density at radius 1 is 1.19 bits per heavy atom. The summed E-state index contributed by atoms with van der Waals surface area (Å²) in [4.78, 5) is 4.49. The quantitative estimate of drug-likeness (QED) is 0.852. The van der Waals surface area contributed by atoms with Gasteiger partial charge < -0.3 is 5.32 Å². The number of aromatic nitrogens is 1. The molecule has 112 valence electrons. The highest BCUT2D eigenvalue weighted by molar-refractivity contribution is 5.81. The molecule has 2 nitrogen and oxygen atoms in total. The van der Waals surface area contributed by atoms with Gasteiger partial charge in [0.15, 0.2) is 0 Å². The summed E-state index contributed by atoms with van der Waals surface area (Å²) in [6, 6.07) is 11.4. The lowest BCUT2D eigenvalue weighted by Crippen LogP contribution is -2.37. The van der Waals surface area contributed by atoms with Crippen molar-refractivity contribution in [2.75, 3.05) is 6.54 Å². The fraction of sp³-hybridized carbons (Fsp3) is 0.526. The van der Waals surface area contributed by atoms with Crippen molar-refractivity contribution in [3.8, 4) is 0 Å². The summed E-state index contributed by atoms with van der Waals surface area (Å²) in [6.45, 7) is 3.38. The van der Waals surface area contributed by atoms with Gasteiger partial charge in [-0.15, -0.1) is 0 Å². The van der Waals surface area contributed by atoms with Crippen LogP contribution in [0.4, 0.5) is 0 Å². The molecule has 1 saturated carbocycles. The van der Waals surface area contributed by atoms with E-state index in [1.165, 1.54) is 43.1 Å². The molecule has 1 aliphatic carbocycles. The fourth-order valence-corrected chi connectivity index (χ4v) is 3.66. The predicted molar refractivity (Wildman–Crippen MR) is 89.5 cm³/mol. The van der Waals surface area contributed by atoms with Gasteiger partial charge in [-0.2, -0.15) is 0 Å². The van der Waals surface area contributed by atoms with Gasteiger partial charge in [-0.1, -0.05) is 38.0 Å². The van der Waals surface area contributed by atoms with Crippen molar-refractivity contribution >= 4 is 10.9 Å². The molecule has 1 aromatic carbocycles. The Bertz CT molecular complexity index is 567. The van der Waals surface area contributed by atoms with Crippen molar-refractivity contribution in [3.63, 3.8) is 0 Å². The average Bonchev–Trinajstić information content (AvgIpc) is 3.06. The second kappa shape index (κ2) is 7.04. The Labute approximate surface area is 128 Å². The summed E-state index contributed by atoms with van der Waals surface area (Å²) >= 11 is 0. The second-order valence-electron chi connectivity index (χ2n) is 6.30. The highest BCUT2D eigenvalue weighted by Crippen LogP contribution is 2.30. The lowest BCUT2D eigenvalue weighted by molar-refractivity contribution is 0.357. The number of para-hydroxylation sites is 1. The minimum absolute atomic E-state index is 0.623. The first-order valence-corrected chi connectivity index (χ1v) is 8.44. The van der Waals surface area contributed by atoms with E-state index >= 15 is 0 Å². The number of pyridine rings is 1. The summed E-state index contributed by atoms with van der Waals surface area (Å²) in [5, 5.41) is 5.12. The zero-order chi connectivity index (χ0) is 14.5. The van der Waals surface area contributed by atoms with Crippen LogP contribution in [0.15, 0.2) is 36.5 Å². The number of nitrogens with one attached hydrogen (secondary N) is 1. The van der Waals surface area contributed by atoms with Gasteiger partial charge in [0.1, 0.15) is 0 Å². The van der Waals surface area contributed by atoms with Gasteiger partial charge in [0, 0.05) is 17.6 Å². The summed E-state index contributed by atoms with van der Waals surface area (Å²) in [6.07, 6.45) is 9.91. The third kappa shape index (κ3) is 3.44. The van der Waals surface area contributed by atoms with Crippen LogP contribution in [0, 0.1) is 5.92 Å². The van der Waals surface area contributed by atoms with E-state index in [-0.39, 0.29) is 0 Å². The molecule has 0 radical (unpaired) electrons. The zero-order valence-electron chi connectivity index (χ0n) is 13.0. The normalized spacial score (nSPS) is 17.4. The predicted octanol–water partition coefficient (Wildman–Crippen LogP) is 4.34.